The van der Waals surface area contributed by atoms with Crippen LogP contribution < -0.4 is 0 Å². The zero-order valence-corrected chi connectivity index (χ0v) is 16.7. The van der Waals surface area contributed by atoms with E-state index in [-0.39, 0.29) is 11.5 Å². The highest BCUT2D eigenvalue weighted by Gasteiger charge is 2.61. The van der Waals surface area contributed by atoms with Crippen molar-refractivity contribution < 1.29 is 23.4 Å². The normalized spacial score (nSPS) is 27.1. The van der Waals surface area contributed by atoms with Crippen molar-refractivity contribution in [1.82, 2.24) is 0 Å². The molecule has 0 atom stereocenters. The maximum Gasteiger partial charge on any atom is 0.458 e. The fraction of sp³-hybridized carbons (Fsp3) is 0.941. The van der Waals surface area contributed by atoms with Crippen molar-refractivity contribution in [2.75, 3.05) is 0 Å². The van der Waals surface area contributed by atoms with E-state index in [9.17, 15) is 4.79 Å². The molecule has 0 radical (unpaired) electrons. The zero-order valence-electron chi connectivity index (χ0n) is 16.7. The lowest BCUT2D eigenvalue weighted by Crippen LogP contribution is -2.41. The van der Waals surface area contributed by atoms with Gasteiger partial charge in [-0.2, -0.15) is 0 Å². The summed E-state index contributed by atoms with van der Waals surface area (Å²) < 4.78 is 24.9. The molecular weight excluding hydrogens is 306 g/mol. The van der Waals surface area contributed by atoms with E-state index in [4.69, 9.17) is 18.6 Å². The van der Waals surface area contributed by atoms with Crippen LogP contribution in [0.4, 0.5) is 0 Å². The van der Waals surface area contributed by atoms with E-state index < -0.39 is 36.6 Å². The number of Topliss-reactive ketones (excluding diaryl/α,β-unsaturated/α-hetero) is 1. The van der Waals surface area contributed by atoms with Crippen molar-refractivity contribution >= 4 is 20.0 Å². The molecule has 0 N–H and O–H groups in total. The molecule has 24 heavy (non-hydrogen) atoms. The SMILES string of the molecule is CC(=O)CCC(B1OC(C)(C)C(C)(C)O1)B1OC(C)(C)C(C)(C)O1. The monoisotopic (exact) mass is 338 g/mol. The van der Waals surface area contributed by atoms with Gasteiger partial charge in [-0.05, 0) is 68.7 Å². The summed E-state index contributed by atoms with van der Waals surface area (Å²) in [6.07, 6.45) is 1.07. The second-order valence-corrected chi connectivity index (χ2v) is 9.15. The molecule has 2 aliphatic rings. The Balaban J connectivity index is 2.23. The fourth-order valence-corrected chi connectivity index (χ4v) is 2.90. The highest BCUT2D eigenvalue weighted by atomic mass is 16.7. The van der Waals surface area contributed by atoms with Gasteiger partial charge in [0.25, 0.3) is 0 Å². The van der Waals surface area contributed by atoms with E-state index >= 15 is 0 Å². The van der Waals surface area contributed by atoms with E-state index in [0.29, 0.717) is 12.8 Å². The van der Waals surface area contributed by atoms with Crippen LogP contribution in [-0.4, -0.2) is 42.4 Å². The lowest BCUT2D eigenvalue weighted by molar-refractivity contribution is -0.117. The molecule has 2 aliphatic heterocycles. The van der Waals surface area contributed by atoms with Gasteiger partial charge in [-0.3, -0.25) is 0 Å². The molecule has 0 saturated carbocycles. The van der Waals surface area contributed by atoms with E-state index in [1.165, 1.54) is 0 Å². The Morgan fingerprint density at radius 1 is 0.750 bits per heavy atom. The fourth-order valence-electron chi connectivity index (χ4n) is 2.90. The Morgan fingerprint density at radius 2 is 1.04 bits per heavy atom. The maximum absolute atomic E-state index is 11.5. The first-order chi connectivity index (χ1) is 10.7. The van der Waals surface area contributed by atoms with Crippen LogP contribution in [0, 0.1) is 0 Å². The predicted octanol–water partition coefficient (Wildman–Crippen LogP) is 3.45. The molecule has 2 rings (SSSR count). The topological polar surface area (TPSA) is 54.0 Å². The molecule has 0 aromatic carbocycles. The first-order valence-corrected chi connectivity index (χ1v) is 8.89. The molecule has 136 valence electrons. The van der Waals surface area contributed by atoms with Gasteiger partial charge in [0, 0.05) is 12.1 Å². The summed E-state index contributed by atoms with van der Waals surface area (Å²) >= 11 is 0. The summed E-state index contributed by atoms with van der Waals surface area (Å²) in [5, 5.41) is 0. The van der Waals surface area contributed by atoms with Gasteiger partial charge < -0.3 is 23.4 Å². The second kappa shape index (κ2) is 6.11. The molecule has 0 spiro atoms. The molecular formula is C17H32B2O5. The summed E-state index contributed by atoms with van der Waals surface area (Å²) in [7, 11) is -0.909. The second-order valence-electron chi connectivity index (χ2n) is 9.15. The quantitative estimate of drug-likeness (QED) is 0.719. The smallest absolute Gasteiger partial charge is 0.403 e. The van der Waals surface area contributed by atoms with Gasteiger partial charge in [0.1, 0.15) is 5.78 Å². The minimum atomic E-state index is -0.455. The molecule has 0 bridgehead atoms. The third-order valence-electron chi connectivity index (χ3n) is 6.07. The predicted molar refractivity (Wildman–Crippen MR) is 95.8 cm³/mol. The largest absolute Gasteiger partial charge is 0.458 e. The van der Waals surface area contributed by atoms with Crippen molar-refractivity contribution in [3.63, 3.8) is 0 Å². The van der Waals surface area contributed by atoms with Crippen molar-refractivity contribution in [2.24, 2.45) is 0 Å². The van der Waals surface area contributed by atoms with Crippen LogP contribution in [0.25, 0.3) is 0 Å². The number of hydrogen-bond acceptors (Lipinski definition) is 5. The van der Waals surface area contributed by atoms with Crippen molar-refractivity contribution in [2.45, 2.75) is 103 Å². The molecule has 2 fully saturated rings. The van der Waals surface area contributed by atoms with E-state index in [0.717, 1.165) is 0 Å². The molecule has 0 aromatic heterocycles. The Hall–Kier alpha value is -0.360. The lowest BCUT2D eigenvalue weighted by atomic mass is 9.50. The molecule has 7 heteroatoms. The van der Waals surface area contributed by atoms with Crippen LogP contribution in [0.5, 0.6) is 0 Å². The Morgan fingerprint density at radius 3 is 1.29 bits per heavy atom. The standard InChI is InChI=1S/C17H32B2O5/c1-12(20)10-11-13(18-21-14(2,3)15(4,5)22-18)19-23-16(6,7)17(8,9)24-19/h13H,10-11H2,1-9H3. The number of ketones is 1. The Bertz CT molecular complexity index is 433. The summed E-state index contributed by atoms with van der Waals surface area (Å²) in [6.45, 7) is 17.8. The van der Waals surface area contributed by atoms with Crippen molar-refractivity contribution in [3.05, 3.63) is 0 Å². The van der Waals surface area contributed by atoms with Crippen LogP contribution in [-0.2, 0) is 23.4 Å². The van der Waals surface area contributed by atoms with Crippen LogP contribution in [0.2, 0.25) is 5.72 Å². The van der Waals surface area contributed by atoms with Gasteiger partial charge in [-0.25, -0.2) is 0 Å². The third-order valence-corrected chi connectivity index (χ3v) is 6.07. The molecule has 0 amide bonds. The van der Waals surface area contributed by atoms with E-state index in [2.05, 4.69) is 0 Å². The minimum Gasteiger partial charge on any atom is -0.403 e. The summed E-state index contributed by atoms with van der Waals surface area (Å²) in [4.78, 5) is 11.5. The van der Waals surface area contributed by atoms with E-state index in [1.807, 2.05) is 55.4 Å². The highest BCUT2D eigenvalue weighted by molar-refractivity contribution is 6.68. The molecule has 0 unspecified atom stereocenters. The minimum absolute atomic E-state index is 0.146. The first kappa shape index (κ1) is 20.0. The lowest BCUT2D eigenvalue weighted by Gasteiger charge is -2.32. The zero-order chi connectivity index (χ0) is 18.6. The van der Waals surface area contributed by atoms with Crippen LogP contribution in [0.1, 0.15) is 75.2 Å². The summed E-state index contributed by atoms with van der Waals surface area (Å²) in [5.41, 5.74) is -1.84. The average Bonchev–Trinajstić information content (AvgIpc) is 2.68. The van der Waals surface area contributed by atoms with Gasteiger partial charge >= 0.3 is 14.2 Å². The van der Waals surface area contributed by atoms with Gasteiger partial charge in [0.15, 0.2) is 0 Å². The van der Waals surface area contributed by atoms with Gasteiger partial charge in [-0.1, -0.05) is 0 Å². The van der Waals surface area contributed by atoms with Crippen molar-refractivity contribution in [1.29, 1.82) is 0 Å². The number of rotatable bonds is 5. The highest BCUT2D eigenvalue weighted by Crippen LogP contribution is 2.46. The van der Waals surface area contributed by atoms with Gasteiger partial charge in [0.05, 0.1) is 22.4 Å². The Labute approximate surface area is 147 Å². The molecule has 0 aromatic rings. The van der Waals surface area contributed by atoms with Crippen LogP contribution in [0.15, 0.2) is 0 Å². The molecule has 2 heterocycles. The van der Waals surface area contributed by atoms with Gasteiger partial charge in [-0.15, -0.1) is 0 Å². The van der Waals surface area contributed by atoms with E-state index in [1.54, 1.807) is 6.92 Å². The summed E-state index contributed by atoms with van der Waals surface area (Å²) in [5.74, 6) is 0.146. The van der Waals surface area contributed by atoms with Crippen LogP contribution in [0.3, 0.4) is 0 Å². The third kappa shape index (κ3) is 3.59. The number of carbonyl (C=O) groups excluding carboxylic acids is 1. The van der Waals surface area contributed by atoms with Crippen LogP contribution >= 0.6 is 0 Å². The Kier molecular flexibility index (Phi) is 5.08. The van der Waals surface area contributed by atoms with Crippen molar-refractivity contribution in [3.8, 4) is 0 Å². The van der Waals surface area contributed by atoms with Gasteiger partial charge in [0.2, 0.25) is 0 Å². The molecule has 2 saturated heterocycles. The molecule has 5 nitrogen and oxygen atoms in total. The first-order valence-electron chi connectivity index (χ1n) is 8.89. The maximum atomic E-state index is 11.5. The number of hydrogen-bond donors (Lipinski definition) is 0. The summed E-state index contributed by atoms with van der Waals surface area (Å²) in [6, 6.07) is 0. The molecule has 0 aliphatic carbocycles. The number of carbonyl (C=O) groups is 1. The average molecular weight is 338 g/mol.